The van der Waals surface area contributed by atoms with Crippen molar-refractivity contribution in [3.05, 3.63) is 58.7 Å². The number of phenols is 1. The summed E-state index contributed by atoms with van der Waals surface area (Å²) in [5.74, 6) is -2.55. The van der Waals surface area contributed by atoms with Gasteiger partial charge >= 0.3 is 0 Å². The number of nitrogens with one attached hydrogen (secondary N) is 2. The molecule has 0 saturated heterocycles. The van der Waals surface area contributed by atoms with Crippen molar-refractivity contribution in [2.24, 2.45) is 0 Å². The average Bonchev–Trinajstić information content (AvgIpc) is 2.88. The maximum absolute atomic E-state index is 13.3. The lowest BCUT2D eigenvalue weighted by molar-refractivity contribution is -0.125. The van der Waals surface area contributed by atoms with Crippen molar-refractivity contribution in [2.45, 2.75) is 51.5 Å². The van der Waals surface area contributed by atoms with Gasteiger partial charge in [-0.3, -0.25) is 9.59 Å². The molecule has 1 aliphatic rings. The molecule has 0 fully saturated rings. The molecule has 1 atom stereocenters. The zero-order valence-electron chi connectivity index (χ0n) is 16.2. The van der Waals surface area contributed by atoms with Gasteiger partial charge in [-0.1, -0.05) is 12.5 Å². The van der Waals surface area contributed by atoms with Crippen molar-refractivity contribution in [1.29, 1.82) is 0 Å². The normalized spacial score (nSPS) is 14.4. The third-order valence-electron chi connectivity index (χ3n) is 5.07. The van der Waals surface area contributed by atoms with Gasteiger partial charge in [0.2, 0.25) is 11.8 Å². The number of benzene rings is 2. The van der Waals surface area contributed by atoms with E-state index in [0.29, 0.717) is 5.69 Å². The van der Waals surface area contributed by atoms with Crippen LogP contribution in [0.4, 0.5) is 14.5 Å². The Bertz CT molecular complexity index is 910. The fourth-order valence-electron chi connectivity index (χ4n) is 3.62. The molecule has 2 amide bonds. The summed E-state index contributed by atoms with van der Waals surface area (Å²) in [6.07, 6.45) is 4.56. The molecule has 0 aromatic heterocycles. The van der Waals surface area contributed by atoms with Gasteiger partial charge in [0.15, 0.2) is 0 Å². The molecule has 3 rings (SSSR count). The molecular weight excluding hydrogens is 378 g/mol. The van der Waals surface area contributed by atoms with Crippen molar-refractivity contribution >= 4 is 17.5 Å². The first kappa shape index (κ1) is 20.8. The first-order chi connectivity index (χ1) is 13.8. The minimum absolute atomic E-state index is 0.00670. The molecule has 0 heterocycles. The van der Waals surface area contributed by atoms with Crippen LogP contribution in [0.3, 0.4) is 0 Å². The van der Waals surface area contributed by atoms with E-state index in [4.69, 9.17) is 0 Å². The van der Waals surface area contributed by atoms with E-state index in [-0.39, 0.29) is 17.7 Å². The lowest BCUT2D eigenvalue weighted by atomic mass is 10.00. The predicted octanol–water partition coefficient (Wildman–Crippen LogP) is 3.63. The van der Waals surface area contributed by atoms with Gasteiger partial charge in [-0.2, -0.15) is 0 Å². The highest BCUT2D eigenvalue weighted by molar-refractivity contribution is 5.98. The van der Waals surface area contributed by atoms with E-state index in [9.17, 15) is 23.5 Å². The number of carbonyl (C=O) groups excluding carboxylic acids is 2. The summed E-state index contributed by atoms with van der Waals surface area (Å²) in [6.45, 7) is 1.51. The summed E-state index contributed by atoms with van der Waals surface area (Å²) in [4.78, 5) is 24.7. The lowest BCUT2D eigenvalue weighted by Crippen LogP contribution is -2.42. The lowest BCUT2D eigenvalue weighted by Gasteiger charge is -2.18. The van der Waals surface area contributed by atoms with Crippen LogP contribution in [-0.2, 0) is 28.9 Å². The molecule has 0 saturated carbocycles. The quantitative estimate of drug-likeness (QED) is 0.528. The molecule has 1 aliphatic carbocycles. The number of aryl methyl sites for hydroxylation is 1. The monoisotopic (exact) mass is 402 g/mol. The molecule has 7 heteroatoms. The molecule has 0 unspecified atom stereocenters. The van der Waals surface area contributed by atoms with E-state index in [1.807, 2.05) is 6.07 Å². The van der Waals surface area contributed by atoms with Crippen molar-refractivity contribution in [2.75, 3.05) is 5.32 Å². The van der Waals surface area contributed by atoms with Crippen LogP contribution in [0.15, 0.2) is 30.3 Å². The molecule has 3 N–H and O–H groups in total. The molecule has 0 aliphatic heterocycles. The molecule has 2 aromatic rings. The first-order valence-electron chi connectivity index (χ1n) is 9.72. The van der Waals surface area contributed by atoms with Gasteiger partial charge < -0.3 is 15.7 Å². The number of rotatable bonds is 5. The van der Waals surface area contributed by atoms with Gasteiger partial charge in [0.1, 0.15) is 23.4 Å². The van der Waals surface area contributed by atoms with Crippen LogP contribution in [-0.4, -0.2) is 23.0 Å². The van der Waals surface area contributed by atoms with Crippen molar-refractivity contribution < 1.29 is 23.5 Å². The Morgan fingerprint density at radius 2 is 1.76 bits per heavy atom. The fraction of sp³-hybridized carbons (Fsp3) is 0.364. The Labute approximate surface area is 168 Å². The number of halogens is 2. The molecule has 154 valence electrons. The summed E-state index contributed by atoms with van der Waals surface area (Å²) < 4.78 is 26.5. The molecule has 0 radical (unpaired) electrons. The van der Waals surface area contributed by atoms with Gasteiger partial charge in [-0.15, -0.1) is 0 Å². The van der Waals surface area contributed by atoms with E-state index in [1.54, 1.807) is 6.07 Å². The van der Waals surface area contributed by atoms with Gasteiger partial charge in [-0.25, -0.2) is 8.78 Å². The second-order valence-corrected chi connectivity index (χ2v) is 7.39. The van der Waals surface area contributed by atoms with Gasteiger partial charge in [-0.05, 0) is 67.5 Å². The first-order valence-corrected chi connectivity index (χ1v) is 9.72. The van der Waals surface area contributed by atoms with Gasteiger partial charge in [0.05, 0.1) is 12.1 Å². The third kappa shape index (κ3) is 5.31. The molecule has 0 spiro atoms. The van der Waals surface area contributed by atoms with Crippen molar-refractivity contribution in [1.82, 2.24) is 5.32 Å². The summed E-state index contributed by atoms with van der Waals surface area (Å²) in [5, 5.41) is 15.5. The summed E-state index contributed by atoms with van der Waals surface area (Å²) in [7, 11) is 0. The molecular formula is C22H24F2N2O3. The van der Waals surface area contributed by atoms with Crippen LogP contribution in [0.5, 0.6) is 5.75 Å². The zero-order chi connectivity index (χ0) is 21.0. The molecule has 2 aromatic carbocycles. The highest BCUT2D eigenvalue weighted by Crippen LogP contribution is 2.34. The fourth-order valence-corrected chi connectivity index (χ4v) is 3.62. The van der Waals surface area contributed by atoms with Crippen LogP contribution < -0.4 is 10.6 Å². The van der Waals surface area contributed by atoms with Crippen LogP contribution in [0.1, 0.15) is 42.9 Å². The highest BCUT2D eigenvalue weighted by atomic mass is 19.1. The highest BCUT2D eigenvalue weighted by Gasteiger charge is 2.21. The van der Waals surface area contributed by atoms with E-state index in [1.165, 1.54) is 6.92 Å². The average molecular weight is 402 g/mol. The van der Waals surface area contributed by atoms with Gasteiger partial charge in [0, 0.05) is 6.07 Å². The third-order valence-corrected chi connectivity index (χ3v) is 5.07. The maximum Gasteiger partial charge on any atom is 0.246 e. The largest absolute Gasteiger partial charge is 0.506 e. The summed E-state index contributed by atoms with van der Waals surface area (Å²) in [6, 6.07) is 5.44. The van der Waals surface area contributed by atoms with Crippen molar-refractivity contribution in [3.8, 4) is 5.75 Å². The van der Waals surface area contributed by atoms with E-state index < -0.39 is 29.5 Å². The minimum Gasteiger partial charge on any atom is -0.506 e. The number of amides is 2. The number of hydrogen-bond donors (Lipinski definition) is 3. The van der Waals surface area contributed by atoms with Crippen molar-refractivity contribution in [3.63, 3.8) is 0 Å². The summed E-state index contributed by atoms with van der Waals surface area (Å²) in [5.41, 5.74) is 2.62. The number of anilines is 1. The van der Waals surface area contributed by atoms with E-state index in [2.05, 4.69) is 10.6 Å². The SMILES string of the molecule is C[C@H](NC(=O)Cc1cc(F)cc(F)c1)C(=O)Nc1c(O)ccc2c1CCCCC2. The topological polar surface area (TPSA) is 78.4 Å². The van der Waals surface area contributed by atoms with Crippen LogP contribution >= 0.6 is 0 Å². The number of hydrogen-bond acceptors (Lipinski definition) is 3. The predicted molar refractivity (Wildman–Crippen MR) is 106 cm³/mol. The molecule has 5 nitrogen and oxygen atoms in total. The van der Waals surface area contributed by atoms with Gasteiger partial charge in [0.25, 0.3) is 0 Å². The Morgan fingerprint density at radius 1 is 1.07 bits per heavy atom. The van der Waals surface area contributed by atoms with Crippen LogP contribution in [0.25, 0.3) is 0 Å². The molecule has 29 heavy (non-hydrogen) atoms. The zero-order valence-corrected chi connectivity index (χ0v) is 16.2. The Kier molecular flexibility index (Phi) is 6.46. The molecule has 0 bridgehead atoms. The Balaban J connectivity index is 1.66. The number of fused-ring (bicyclic) bond motifs is 1. The summed E-state index contributed by atoms with van der Waals surface area (Å²) >= 11 is 0. The second kappa shape index (κ2) is 9.03. The van der Waals surface area contributed by atoms with E-state index in [0.717, 1.165) is 61.4 Å². The number of carbonyl (C=O) groups is 2. The second-order valence-electron chi connectivity index (χ2n) is 7.39. The maximum atomic E-state index is 13.3. The Hall–Kier alpha value is -2.96. The standard InChI is InChI=1S/C22H24F2N2O3/c1-13(25-20(28)11-14-9-16(23)12-17(24)10-14)22(29)26-21-18-6-4-2-3-5-15(18)7-8-19(21)27/h7-10,12-13,27H,2-6,11H2,1H3,(H,25,28)(H,26,29)/t13-/m0/s1. The van der Waals surface area contributed by atoms with E-state index >= 15 is 0 Å². The smallest absolute Gasteiger partial charge is 0.246 e. The van der Waals surface area contributed by atoms with Crippen LogP contribution in [0.2, 0.25) is 0 Å². The number of phenolic OH excluding ortho intramolecular Hbond substituents is 1. The Morgan fingerprint density at radius 3 is 2.48 bits per heavy atom. The number of aromatic hydroxyl groups is 1. The minimum atomic E-state index is -0.887. The van der Waals surface area contributed by atoms with Crippen LogP contribution in [0, 0.1) is 11.6 Å².